The molecule has 1 saturated carbocycles. The van der Waals surface area contributed by atoms with Gasteiger partial charge in [-0.3, -0.25) is 20.4 Å². The van der Waals surface area contributed by atoms with Crippen molar-refractivity contribution in [3.63, 3.8) is 0 Å². The molecule has 7 nitrogen and oxygen atoms in total. The number of fused-ring (bicyclic) bond motifs is 1. The van der Waals surface area contributed by atoms with Crippen molar-refractivity contribution in [3.05, 3.63) is 17.8 Å². The molecule has 1 saturated heterocycles. The Kier molecular flexibility index (Phi) is 3.92. The Morgan fingerprint density at radius 3 is 2.86 bits per heavy atom. The van der Waals surface area contributed by atoms with Gasteiger partial charge in [-0.15, -0.1) is 0 Å². The molecular formula is C14H19N3O4. The number of nitrogens with zero attached hydrogens (tertiary/aromatic N) is 1. The number of aryl methyl sites for hydroxylation is 1. The maximum Gasteiger partial charge on any atom is 0.291 e. The van der Waals surface area contributed by atoms with Crippen LogP contribution >= 0.6 is 0 Å². The molecule has 0 unspecified atom stereocenters. The second-order valence-corrected chi connectivity index (χ2v) is 5.63. The summed E-state index contributed by atoms with van der Waals surface area (Å²) >= 11 is 0. The first-order valence-corrected chi connectivity index (χ1v) is 7.28. The van der Waals surface area contributed by atoms with E-state index in [0.717, 1.165) is 25.7 Å². The first kappa shape index (κ1) is 14.1. The molecule has 3 atom stereocenters. The number of carbonyl (C=O) groups is 2. The molecule has 0 radical (unpaired) electrons. The average molecular weight is 293 g/mol. The van der Waals surface area contributed by atoms with Gasteiger partial charge < -0.3 is 9.15 Å². The molecule has 1 aromatic rings. The van der Waals surface area contributed by atoms with Gasteiger partial charge in [0.05, 0.1) is 18.6 Å². The number of carbonyl (C=O) groups excluding carboxylic acids is 2. The van der Waals surface area contributed by atoms with Crippen LogP contribution < -0.4 is 10.9 Å². The van der Waals surface area contributed by atoms with Gasteiger partial charge in [0.25, 0.3) is 5.91 Å². The van der Waals surface area contributed by atoms with Gasteiger partial charge in [0, 0.05) is 0 Å². The van der Waals surface area contributed by atoms with Gasteiger partial charge in [0.15, 0.2) is 12.1 Å². The number of hydrogen-bond acceptors (Lipinski definition) is 5. The quantitative estimate of drug-likeness (QED) is 0.792. The fourth-order valence-corrected chi connectivity index (χ4v) is 3.21. The van der Waals surface area contributed by atoms with Crippen LogP contribution in [0, 0.1) is 18.8 Å². The van der Waals surface area contributed by atoms with E-state index in [1.165, 1.54) is 6.39 Å². The predicted octanol–water partition coefficient (Wildman–Crippen LogP) is 0.949. The summed E-state index contributed by atoms with van der Waals surface area (Å²) in [5, 5.41) is 0. The lowest BCUT2D eigenvalue weighted by atomic mass is 9.80. The normalized spacial score (nSPS) is 28.0. The van der Waals surface area contributed by atoms with E-state index in [2.05, 4.69) is 15.8 Å². The van der Waals surface area contributed by atoms with Gasteiger partial charge in [0.2, 0.25) is 5.91 Å². The Morgan fingerprint density at radius 2 is 2.10 bits per heavy atom. The minimum absolute atomic E-state index is 0.175. The Balaban J connectivity index is 1.55. The third-order valence-corrected chi connectivity index (χ3v) is 4.36. The van der Waals surface area contributed by atoms with E-state index in [-0.39, 0.29) is 29.5 Å². The molecular weight excluding hydrogens is 274 g/mol. The zero-order valence-corrected chi connectivity index (χ0v) is 11.9. The van der Waals surface area contributed by atoms with E-state index in [4.69, 9.17) is 9.15 Å². The SMILES string of the molecule is Cc1ocnc1C(=O)NNC(=O)[C@@H]1CO[C@@H]2CCCC[C@@H]21. The number of hydrogen-bond donors (Lipinski definition) is 2. The molecule has 3 rings (SSSR count). The number of aromatic nitrogens is 1. The van der Waals surface area contributed by atoms with Crippen LogP contribution in [0.5, 0.6) is 0 Å². The number of oxazole rings is 1. The molecule has 0 aromatic carbocycles. The number of hydrazine groups is 1. The third kappa shape index (κ3) is 2.78. The van der Waals surface area contributed by atoms with Crippen molar-refractivity contribution in [2.24, 2.45) is 11.8 Å². The molecule has 0 spiro atoms. The van der Waals surface area contributed by atoms with Crippen LogP contribution in [0.1, 0.15) is 41.9 Å². The highest BCUT2D eigenvalue weighted by atomic mass is 16.5. The second kappa shape index (κ2) is 5.85. The van der Waals surface area contributed by atoms with E-state index in [0.29, 0.717) is 12.4 Å². The average Bonchev–Trinajstić information content (AvgIpc) is 3.10. The van der Waals surface area contributed by atoms with E-state index >= 15 is 0 Å². The summed E-state index contributed by atoms with van der Waals surface area (Å²) in [6.45, 7) is 2.07. The van der Waals surface area contributed by atoms with Crippen molar-refractivity contribution < 1.29 is 18.7 Å². The molecule has 1 aliphatic heterocycles. The fraction of sp³-hybridized carbons (Fsp3) is 0.643. The Labute approximate surface area is 122 Å². The van der Waals surface area contributed by atoms with Crippen LogP contribution in [-0.4, -0.2) is 29.5 Å². The van der Waals surface area contributed by atoms with Gasteiger partial charge in [-0.1, -0.05) is 12.8 Å². The van der Waals surface area contributed by atoms with Crippen molar-refractivity contribution in [2.75, 3.05) is 6.61 Å². The van der Waals surface area contributed by atoms with E-state index in [1.807, 2.05) is 0 Å². The van der Waals surface area contributed by atoms with Crippen molar-refractivity contribution >= 4 is 11.8 Å². The van der Waals surface area contributed by atoms with Crippen molar-refractivity contribution in [1.29, 1.82) is 0 Å². The molecule has 2 heterocycles. The summed E-state index contributed by atoms with van der Waals surface area (Å²) in [6, 6.07) is 0. The first-order chi connectivity index (χ1) is 10.2. The molecule has 2 amide bonds. The molecule has 2 N–H and O–H groups in total. The first-order valence-electron chi connectivity index (χ1n) is 7.28. The molecule has 2 aliphatic rings. The lowest BCUT2D eigenvalue weighted by molar-refractivity contribution is -0.126. The summed E-state index contributed by atoms with van der Waals surface area (Å²) in [7, 11) is 0. The number of rotatable bonds is 2. The number of ether oxygens (including phenoxy) is 1. The van der Waals surface area contributed by atoms with Gasteiger partial charge >= 0.3 is 0 Å². The third-order valence-electron chi connectivity index (χ3n) is 4.36. The zero-order valence-electron chi connectivity index (χ0n) is 11.9. The van der Waals surface area contributed by atoms with Crippen LogP contribution in [0.15, 0.2) is 10.8 Å². The van der Waals surface area contributed by atoms with Crippen LogP contribution in [-0.2, 0) is 9.53 Å². The van der Waals surface area contributed by atoms with E-state index < -0.39 is 5.91 Å². The van der Waals surface area contributed by atoms with Gasteiger partial charge in [-0.05, 0) is 25.7 Å². The minimum Gasteiger partial charge on any atom is -0.448 e. The van der Waals surface area contributed by atoms with Crippen LogP contribution in [0.4, 0.5) is 0 Å². The van der Waals surface area contributed by atoms with E-state index in [1.54, 1.807) is 6.92 Å². The highest BCUT2D eigenvalue weighted by Crippen LogP contribution is 2.37. The molecule has 1 aromatic heterocycles. The van der Waals surface area contributed by atoms with Crippen LogP contribution in [0.25, 0.3) is 0 Å². The molecule has 2 fully saturated rings. The Bertz CT molecular complexity index is 542. The summed E-state index contributed by atoms with van der Waals surface area (Å²) in [6.07, 6.45) is 5.74. The van der Waals surface area contributed by atoms with Crippen LogP contribution in [0.3, 0.4) is 0 Å². The molecule has 1 aliphatic carbocycles. The Hall–Kier alpha value is -1.89. The smallest absolute Gasteiger partial charge is 0.291 e. The zero-order chi connectivity index (χ0) is 14.8. The number of nitrogens with one attached hydrogen (secondary N) is 2. The number of amides is 2. The van der Waals surface area contributed by atoms with Crippen molar-refractivity contribution in [1.82, 2.24) is 15.8 Å². The minimum atomic E-state index is -0.478. The fourth-order valence-electron chi connectivity index (χ4n) is 3.21. The molecule has 21 heavy (non-hydrogen) atoms. The monoisotopic (exact) mass is 293 g/mol. The van der Waals surface area contributed by atoms with Crippen molar-refractivity contribution in [2.45, 2.75) is 38.7 Å². The Morgan fingerprint density at radius 1 is 1.29 bits per heavy atom. The summed E-state index contributed by atoms with van der Waals surface area (Å²) in [4.78, 5) is 27.9. The highest BCUT2D eigenvalue weighted by molar-refractivity contribution is 5.94. The molecule has 0 bridgehead atoms. The summed E-state index contributed by atoms with van der Waals surface area (Å²) in [5.74, 6) is -0.177. The second-order valence-electron chi connectivity index (χ2n) is 5.63. The largest absolute Gasteiger partial charge is 0.448 e. The van der Waals surface area contributed by atoms with Gasteiger partial charge in [0.1, 0.15) is 5.76 Å². The standard InChI is InChI=1S/C14H19N3O4/c1-8-12(15-7-21-8)14(19)17-16-13(18)10-6-20-11-5-3-2-4-9(10)11/h7,9-11H,2-6H2,1H3,(H,16,18)(H,17,19)/t9-,10-,11-/m1/s1. The van der Waals surface area contributed by atoms with Gasteiger partial charge in [-0.25, -0.2) is 4.98 Å². The summed E-state index contributed by atoms with van der Waals surface area (Å²) < 4.78 is 10.6. The van der Waals surface area contributed by atoms with Crippen LogP contribution in [0.2, 0.25) is 0 Å². The van der Waals surface area contributed by atoms with Gasteiger partial charge in [-0.2, -0.15) is 0 Å². The van der Waals surface area contributed by atoms with E-state index in [9.17, 15) is 9.59 Å². The molecule has 7 heteroatoms. The summed E-state index contributed by atoms with van der Waals surface area (Å²) in [5.41, 5.74) is 5.03. The highest BCUT2D eigenvalue weighted by Gasteiger charge is 2.42. The maximum absolute atomic E-state index is 12.2. The topological polar surface area (TPSA) is 93.5 Å². The lowest BCUT2D eigenvalue weighted by Gasteiger charge is -2.26. The molecule has 114 valence electrons. The predicted molar refractivity (Wildman–Crippen MR) is 72.0 cm³/mol. The lowest BCUT2D eigenvalue weighted by Crippen LogP contribution is -2.46. The maximum atomic E-state index is 12.2. The van der Waals surface area contributed by atoms with Crippen molar-refractivity contribution in [3.8, 4) is 0 Å².